The molecule has 0 heterocycles. The highest BCUT2D eigenvalue weighted by molar-refractivity contribution is 5.41. The summed E-state index contributed by atoms with van der Waals surface area (Å²) >= 11 is 0. The molecule has 0 amide bonds. The summed E-state index contributed by atoms with van der Waals surface area (Å²) in [5.41, 5.74) is 13.6. The molecule has 60 valence electrons. The van der Waals surface area contributed by atoms with Crippen LogP contribution in [0.25, 0.3) is 0 Å². The van der Waals surface area contributed by atoms with Crippen molar-refractivity contribution in [3.8, 4) is 0 Å². The van der Waals surface area contributed by atoms with Crippen LogP contribution in [0.2, 0.25) is 0 Å². The monoisotopic (exact) mass is 150 g/mol. The summed E-state index contributed by atoms with van der Waals surface area (Å²) in [6.07, 6.45) is 4.94. The lowest BCUT2D eigenvalue weighted by atomic mass is 9.94. The Morgan fingerprint density at radius 3 is 2.82 bits per heavy atom. The Labute approximate surface area is 67.3 Å². The zero-order chi connectivity index (χ0) is 8.43. The first-order chi connectivity index (χ1) is 5.11. The van der Waals surface area contributed by atoms with Gasteiger partial charge in [-0.2, -0.15) is 0 Å². The van der Waals surface area contributed by atoms with Gasteiger partial charge in [0.25, 0.3) is 0 Å². The van der Waals surface area contributed by atoms with Crippen molar-refractivity contribution in [3.63, 3.8) is 0 Å². The third-order valence-electron chi connectivity index (χ3n) is 1.83. The predicted molar refractivity (Wildman–Crippen MR) is 47.5 cm³/mol. The van der Waals surface area contributed by atoms with Crippen LogP contribution in [-0.4, -0.2) is 0 Å². The van der Waals surface area contributed by atoms with E-state index >= 15 is 0 Å². The molecule has 0 saturated carbocycles. The largest absolute Gasteiger partial charge is 0.401 e. The van der Waals surface area contributed by atoms with Gasteiger partial charge in [-0.25, -0.2) is 0 Å². The van der Waals surface area contributed by atoms with Crippen molar-refractivity contribution in [2.75, 3.05) is 0 Å². The van der Waals surface area contributed by atoms with Crippen molar-refractivity contribution in [3.05, 3.63) is 35.7 Å². The molecule has 1 unspecified atom stereocenters. The average Bonchev–Trinajstić information content (AvgIpc) is 1.85. The van der Waals surface area contributed by atoms with Gasteiger partial charge in [0.05, 0.1) is 0 Å². The number of rotatable bonds is 1. The summed E-state index contributed by atoms with van der Waals surface area (Å²) in [5, 5.41) is 0. The summed E-state index contributed by atoms with van der Waals surface area (Å²) < 4.78 is 0. The van der Waals surface area contributed by atoms with E-state index in [9.17, 15) is 0 Å². The average molecular weight is 150 g/mol. The summed E-state index contributed by atoms with van der Waals surface area (Å²) in [5.74, 6) is 0.526. The lowest BCUT2D eigenvalue weighted by Crippen LogP contribution is -2.13. The minimum Gasteiger partial charge on any atom is -0.401 e. The van der Waals surface area contributed by atoms with Crippen molar-refractivity contribution in [2.45, 2.75) is 13.3 Å². The third-order valence-corrected chi connectivity index (χ3v) is 1.83. The fraction of sp³-hybridized carbons (Fsp3) is 0.333. The highest BCUT2D eigenvalue weighted by atomic mass is 14.6. The van der Waals surface area contributed by atoms with Crippen LogP contribution in [0.3, 0.4) is 0 Å². The van der Waals surface area contributed by atoms with E-state index in [0.717, 1.165) is 17.7 Å². The number of hydrogen-bond acceptors (Lipinski definition) is 2. The van der Waals surface area contributed by atoms with Gasteiger partial charge in [-0.1, -0.05) is 25.7 Å². The zero-order valence-corrected chi connectivity index (χ0v) is 6.80. The van der Waals surface area contributed by atoms with Crippen LogP contribution >= 0.6 is 0 Å². The Morgan fingerprint density at radius 2 is 2.36 bits per heavy atom. The second kappa shape index (κ2) is 2.82. The molecule has 4 N–H and O–H groups in total. The van der Waals surface area contributed by atoms with Crippen LogP contribution in [-0.2, 0) is 0 Å². The minimum atomic E-state index is 0.526. The summed E-state index contributed by atoms with van der Waals surface area (Å²) in [4.78, 5) is 0. The van der Waals surface area contributed by atoms with E-state index in [-0.39, 0.29) is 0 Å². The molecule has 0 spiro atoms. The van der Waals surface area contributed by atoms with Crippen molar-refractivity contribution in [2.24, 2.45) is 17.4 Å². The van der Waals surface area contributed by atoms with Gasteiger partial charge in [0.2, 0.25) is 0 Å². The molecule has 0 aliphatic heterocycles. The van der Waals surface area contributed by atoms with Crippen LogP contribution in [0, 0.1) is 5.92 Å². The molecule has 1 atom stereocenters. The topological polar surface area (TPSA) is 52.0 Å². The van der Waals surface area contributed by atoms with Gasteiger partial charge in [-0.3, -0.25) is 0 Å². The second-order valence-corrected chi connectivity index (χ2v) is 3.00. The minimum absolute atomic E-state index is 0.526. The molecule has 1 rings (SSSR count). The quantitative estimate of drug-likeness (QED) is 0.591. The van der Waals surface area contributed by atoms with E-state index in [2.05, 4.69) is 19.6 Å². The van der Waals surface area contributed by atoms with Gasteiger partial charge < -0.3 is 11.5 Å². The lowest BCUT2D eigenvalue weighted by Gasteiger charge is -2.16. The number of allylic oxidation sites excluding steroid dienone is 3. The van der Waals surface area contributed by atoms with Crippen molar-refractivity contribution >= 4 is 0 Å². The summed E-state index contributed by atoms with van der Waals surface area (Å²) in [6, 6.07) is 0. The van der Waals surface area contributed by atoms with Crippen LogP contribution in [0.15, 0.2) is 35.7 Å². The Morgan fingerprint density at radius 1 is 1.73 bits per heavy atom. The maximum atomic E-state index is 5.76. The van der Waals surface area contributed by atoms with E-state index in [1.165, 1.54) is 0 Å². The Balaban J connectivity index is 2.88. The van der Waals surface area contributed by atoms with E-state index < -0.39 is 0 Å². The first-order valence-electron chi connectivity index (χ1n) is 3.73. The van der Waals surface area contributed by atoms with Crippen molar-refractivity contribution in [1.29, 1.82) is 0 Å². The summed E-state index contributed by atoms with van der Waals surface area (Å²) in [7, 11) is 0. The van der Waals surface area contributed by atoms with Crippen molar-refractivity contribution < 1.29 is 0 Å². The molecular weight excluding hydrogens is 136 g/mol. The highest BCUT2D eigenvalue weighted by Crippen LogP contribution is 2.21. The molecule has 2 heteroatoms. The predicted octanol–water partition coefficient (Wildman–Crippen LogP) is 1.27. The molecule has 0 aromatic heterocycles. The Hall–Kier alpha value is -1.18. The molecule has 0 fully saturated rings. The molecule has 1 aliphatic rings. The SMILES string of the molecule is C=C(N)C1=C(N)CC(C)C=C1. The first kappa shape index (κ1) is 7.92. The molecule has 0 aromatic rings. The van der Waals surface area contributed by atoms with E-state index in [0.29, 0.717) is 11.6 Å². The molecule has 0 bridgehead atoms. The maximum Gasteiger partial charge on any atom is 0.0331 e. The Bertz CT molecular complexity index is 236. The van der Waals surface area contributed by atoms with Crippen LogP contribution < -0.4 is 11.5 Å². The maximum absolute atomic E-state index is 5.76. The van der Waals surface area contributed by atoms with Gasteiger partial charge in [0.15, 0.2) is 0 Å². The molecular formula is C9H14N2. The Kier molecular flexibility index (Phi) is 2.03. The fourth-order valence-corrected chi connectivity index (χ4v) is 1.21. The van der Waals surface area contributed by atoms with Gasteiger partial charge in [-0.15, -0.1) is 0 Å². The van der Waals surface area contributed by atoms with Gasteiger partial charge in [0.1, 0.15) is 0 Å². The van der Waals surface area contributed by atoms with Gasteiger partial charge in [-0.05, 0) is 12.3 Å². The molecule has 0 radical (unpaired) electrons. The molecule has 1 aliphatic carbocycles. The molecule has 0 aromatic carbocycles. The van der Waals surface area contributed by atoms with E-state index in [1.807, 2.05) is 6.08 Å². The standard InChI is InChI=1S/C9H14N2/c1-6-3-4-8(7(2)10)9(11)5-6/h3-4,6H,2,5,10-11H2,1H3. The number of hydrogen-bond donors (Lipinski definition) is 2. The van der Waals surface area contributed by atoms with E-state index in [4.69, 9.17) is 11.5 Å². The highest BCUT2D eigenvalue weighted by Gasteiger charge is 2.10. The third kappa shape index (κ3) is 1.64. The smallest absolute Gasteiger partial charge is 0.0331 e. The van der Waals surface area contributed by atoms with E-state index in [1.54, 1.807) is 0 Å². The first-order valence-corrected chi connectivity index (χ1v) is 3.73. The van der Waals surface area contributed by atoms with Gasteiger partial charge in [0, 0.05) is 17.0 Å². The lowest BCUT2D eigenvalue weighted by molar-refractivity contribution is 0.695. The van der Waals surface area contributed by atoms with Gasteiger partial charge >= 0.3 is 0 Å². The normalized spacial score (nSPS) is 23.9. The van der Waals surface area contributed by atoms with Crippen LogP contribution in [0.1, 0.15) is 13.3 Å². The molecule has 0 saturated heterocycles. The van der Waals surface area contributed by atoms with Crippen LogP contribution in [0.4, 0.5) is 0 Å². The zero-order valence-electron chi connectivity index (χ0n) is 6.80. The van der Waals surface area contributed by atoms with Crippen LogP contribution in [0.5, 0.6) is 0 Å². The number of nitrogens with two attached hydrogens (primary N) is 2. The van der Waals surface area contributed by atoms with Crippen molar-refractivity contribution in [1.82, 2.24) is 0 Å². The molecule has 2 nitrogen and oxygen atoms in total. The molecule has 11 heavy (non-hydrogen) atoms. The summed E-state index contributed by atoms with van der Waals surface area (Å²) in [6.45, 7) is 5.77. The fourth-order valence-electron chi connectivity index (χ4n) is 1.21. The second-order valence-electron chi connectivity index (χ2n) is 3.00.